The zero-order valence-corrected chi connectivity index (χ0v) is 31.7. The van der Waals surface area contributed by atoms with Gasteiger partial charge in [-0.05, 0) is 137 Å². The second-order valence-electron chi connectivity index (χ2n) is 16.5. The number of sulfonamides is 1. The zero-order valence-electron chi connectivity index (χ0n) is 30.2. The van der Waals surface area contributed by atoms with E-state index >= 15 is 0 Å². The van der Waals surface area contributed by atoms with E-state index in [2.05, 4.69) is 26.7 Å². The number of benzene rings is 2. The van der Waals surface area contributed by atoms with Crippen LogP contribution in [0.4, 0.5) is 5.69 Å². The van der Waals surface area contributed by atoms with E-state index in [9.17, 15) is 13.2 Å². The number of anilines is 1. The molecule has 9 nitrogen and oxygen atoms in total. The van der Waals surface area contributed by atoms with Gasteiger partial charge in [-0.25, -0.2) is 13.1 Å². The van der Waals surface area contributed by atoms with E-state index in [-0.39, 0.29) is 23.5 Å². The maximum absolute atomic E-state index is 13.6. The van der Waals surface area contributed by atoms with Crippen LogP contribution in [0.2, 0.25) is 5.02 Å². The first-order valence-electron chi connectivity index (χ1n) is 19.4. The van der Waals surface area contributed by atoms with Crippen molar-refractivity contribution in [1.29, 1.82) is 0 Å². The summed E-state index contributed by atoms with van der Waals surface area (Å²) in [4.78, 5) is 18.6. The Kier molecular flexibility index (Phi) is 10.1. The van der Waals surface area contributed by atoms with Crippen molar-refractivity contribution >= 4 is 33.2 Å². The monoisotopic (exact) mass is 739 g/mol. The first-order valence-corrected chi connectivity index (χ1v) is 21.4. The van der Waals surface area contributed by atoms with Gasteiger partial charge in [0.1, 0.15) is 5.75 Å². The fraction of sp³-hybridized carbons (Fsp3) is 0.675. The lowest BCUT2D eigenvalue weighted by Gasteiger charge is -2.49. The van der Waals surface area contributed by atoms with E-state index in [0.29, 0.717) is 43.3 Å². The topological polar surface area (TPSA) is 97.4 Å². The number of fused-ring (bicyclic) bond motifs is 4. The Bertz CT molecular complexity index is 1710. The molecule has 11 heteroatoms. The molecule has 2 aromatic carbocycles. The van der Waals surface area contributed by atoms with E-state index in [4.69, 9.17) is 25.8 Å². The van der Waals surface area contributed by atoms with E-state index in [1.54, 1.807) is 13.0 Å². The minimum absolute atomic E-state index is 0.117. The van der Waals surface area contributed by atoms with Crippen LogP contribution in [0.5, 0.6) is 5.75 Å². The predicted molar refractivity (Wildman–Crippen MR) is 199 cm³/mol. The number of halogens is 1. The molecule has 278 valence electrons. The van der Waals surface area contributed by atoms with Crippen molar-refractivity contribution in [3.05, 3.63) is 58.1 Å². The maximum atomic E-state index is 13.6. The minimum Gasteiger partial charge on any atom is -0.490 e. The van der Waals surface area contributed by atoms with Gasteiger partial charge in [-0.3, -0.25) is 9.69 Å². The Morgan fingerprint density at radius 2 is 1.73 bits per heavy atom. The van der Waals surface area contributed by atoms with E-state index in [0.717, 1.165) is 94.0 Å². The Morgan fingerprint density at radius 1 is 0.922 bits per heavy atom. The van der Waals surface area contributed by atoms with Crippen LogP contribution in [0, 0.1) is 23.7 Å². The fourth-order valence-corrected chi connectivity index (χ4v) is 11.6. The molecule has 2 aliphatic carbocycles. The quantitative estimate of drug-likeness (QED) is 0.370. The molecule has 0 aromatic heterocycles. The number of rotatable bonds is 2. The van der Waals surface area contributed by atoms with E-state index in [1.807, 2.05) is 25.1 Å². The molecule has 8 rings (SSSR count). The highest BCUT2D eigenvalue weighted by Crippen LogP contribution is 2.49. The Morgan fingerprint density at radius 3 is 2.49 bits per heavy atom. The van der Waals surface area contributed by atoms with Gasteiger partial charge in [0.05, 0.1) is 36.8 Å². The van der Waals surface area contributed by atoms with Crippen LogP contribution < -0.4 is 14.4 Å². The van der Waals surface area contributed by atoms with E-state index in [1.165, 1.54) is 24.0 Å². The molecule has 51 heavy (non-hydrogen) atoms. The van der Waals surface area contributed by atoms with Crippen LogP contribution in [0.15, 0.2) is 36.4 Å². The lowest BCUT2D eigenvalue weighted by molar-refractivity contribution is -0.242. The third-order valence-electron chi connectivity index (χ3n) is 13.4. The van der Waals surface area contributed by atoms with Gasteiger partial charge >= 0.3 is 0 Å². The normalized spacial score (nSPS) is 35.9. The highest BCUT2D eigenvalue weighted by Gasteiger charge is 2.47. The van der Waals surface area contributed by atoms with Crippen molar-refractivity contribution in [2.24, 2.45) is 23.7 Å². The SMILES string of the molecule is C[C@@H]1[C@@H](C)CCC[C@@H](C2OCC(N3CCCC3)CO2)[C@@H]2CC[C@H]2CN2C[C@@]3(CCCc4cc(Cl)ccc43)COc3ccc(cc32)C(=O)NS1(=O)=O. The van der Waals surface area contributed by atoms with Gasteiger partial charge in [-0.2, -0.15) is 0 Å². The van der Waals surface area contributed by atoms with Crippen LogP contribution >= 0.6 is 11.6 Å². The molecule has 1 amide bonds. The second-order valence-corrected chi connectivity index (χ2v) is 18.9. The first kappa shape index (κ1) is 35.6. The number of ether oxygens (including phenoxy) is 3. The molecule has 1 N–H and O–H groups in total. The Balaban J connectivity index is 1.14. The molecule has 2 saturated heterocycles. The zero-order chi connectivity index (χ0) is 35.3. The van der Waals surface area contributed by atoms with Gasteiger partial charge in [0, 0.05) is 35.0 Å². The predicted octanol–water partition coefficient (Wildman–Crippen LogP) is 6.56. The lowest BCUT2D eigenvalue weighted by Crippen LogP contribution is -2.52. The van der Waals surface area contributed by atoms with Crippen molar-refractivity contribution < 1.29 is 27.4 Å². The summed E-state index contributed by atoms with van der Waals surface area (Å²) in [6, 6.07) is 12.0. The molecule has 1 saturated carbocycles. The highest BCUT2D eigenvalue weighted by atomic mass is 35.5. The van der Waals surface area contributed by atoms with Crippen LogP contribution in [0.25, 0.3) is 0 Å². The second kappa shape index (κ2) is 14.5. The van der Waals surface area contributed by atoms with Crippen molar-refractivity contribution in [3.8, 4) is 5.75 Å². The van der Waals surface area contributed by atoms with Crippen LogP contribution in [-0.2, 0) is 31.3 Å². The highest BCUT2D eigenvalue weighted by molar-refractivity contribution is 7.90. The summed E-state index contributed by atoms with van der Waals surface area (Å²) in [5.74, 6) is 1.10. The number of hydrogen-bond donors (Lipinski definition) is 1. The van der Waals surface area contributed by atoms with Gasteiger partial charge < -0.3 is 19.1 Å². The average molecular weight is 740 g/mol. The third kappa shape index (κ3) is 7.05. The summed E-state index contributed by atoms with van der Waals surface area (Å²) in [7, 11) is -3.90. The Hall–Kier alpha value is -2.37. The standard InChI is InChI=1S/C40H54ClN3O6S/c1-26-7-5-9-34(39-48-22-32(23-49-39)43-17-3-4-18-43)33-13-10-30(33)21-44-24-40(16-6-8-28-19-31(41)12-14-35(28)40)25-50-37-15-11-29(20-36(37)44)38(45)42-51(46,47)27(26)2/h11-12,14-15,19-20,26-27,30,32-34,39H,3-10,13,16-18,21-25H2,1-2H3,(H,42,45)/t26-,27+,30-,32?,33+,34+,39?,40-/m0/s1. The number of carbonyl (C=O) groups excluding carboxylic acids is 1. The van der Waals surface area contributed by atoms with Gasteiger partial charge in [0.15, 0.2) is 6.29 Å². The Labute approximate surface area is 308 Å². The number of carbonyl (C=O) groups is 1. The van der Waals surface area contributed by atoms with Crippen molar-refractivity contribution in [2.75, 3.05) is 50.9 Å². The maximum Gasteiger partial charge on any atom is 0.264 e. The number of hydrogen-bond acceptors (Lipinski definition) is 8. The molecule has 4 heterocycles. The molecule has 0 radical (unpaired) electrons. The molecule has 4 aliphatic heterocycles. The summed E-state index contributed by atoms with van der Waals surface area (Å²) in [5, 5.41) is 0.0401. The smallest absolute Gasteiger partial charge is 0.264 e. The summed E-state index contributed by atoms with van der Waals surface area (Å²) in [5.41, 5.74) is 3.52. The van der Waals surface area contributed by atoms with Crippen LogP contribution in [0.1, 0.15) is 93.1 Å². The lowest BCUT2D eigenvalue weighted by atomic mass is 9.64. The van der Waals surface area contributed by atoms with Gasteiger partial charge in [-0.1, -0.05) is 31.0 Å². The number of aryl methyl sites for hydroxylation is 1. The largest absolute Gasteiger partial charge is 0.490 e. The number of likely N-dealkylation sites (tertiary alicyclic amines) is 1. The van der Waals surface area contributed by atoms with Crippen LogP contribution in [0.3, 0.4) is 0 Å². The first-order chi connectivity index (χ1) is 24.6. The van der Waals surface area contributed by atoms with Gasteiger partial charge in [-0.15, -0.1) is 0 Å². The summed E-state index contributed by atoms with van der Waals surface area (Å²) in [6.45, 7) is 9.45. The summed E-state index contributed by atoms with van der Waals surface area (Å²) < 4.78 is 49.4. The van der Waals surface area contributed by atoms with Crippen molar-refractivity contribution in [2.45, 2.75) is 101 Å². The molecule has 2 aromatic rings. The molecular weight excluding hydrogens is 686 g/mol. The molecule has 2 bridgehead atoms. The van der Waals surface area contributed by atoms with E-state index < -0.39 is 21.2 Å². The molecule has 6 aliphatic rings. The molecule has 6 atom stereocenters. The third-order valence-corrected chi connectivity index (χ3v) is 15.6. The molecule has 0 unspecified atom stereocenters. The van der Waals surface area contributed by atoms with Gasteiger partial charge in [0.2, 0.25) is 10.0 Å². The number of nitrogens with zero attached hydrogens (tertiary/aromatic N) is 2. The minimum atomic E-state index is -3.90. The molecule has 3 fully saturated rings. The van der Waals surface area contributed by atoms with Gasteiger partial charge in [0.25, 0.3) is 5.91 Å². The van der Waals surface area contributed by atoms with Crippen molar-refractivity contribution in [1.82, 2.24) is 9.62 Å². The number of nitrogens with one attached hydrogen (secondary N) is 1. The molecule has 1 spiro atoms. The van der Waals surface area contributed by atoms with Crippen molar-refractivity contribution in [3.63, 3.8) is 0 Å². The molecular formula is C40H54ClN3O6S. The van der Waals surface area contributed by atoms with Crippen LogP contribution in [-0.4, -0.2) is 82.8 Å². The summed E-state index contributed by atoms with van der Waals surface area (Å²) >= 11 is 6.49. The number of amides is 1. The summed E-state index contributed by atoms with van der Waals surface area (Å²) in [6.07, 6.45) is 10.1. The average Bonchev–Trinajstić information content (AvgIpc) is 3.61. The fourth-order valence-electron chi connectivity index (χ4n) is 10.0.